The Morgan fingerprint density at radius 2 is 1.92 bits per heavy atom. The van der Waals surface area contributed by atoms with E-state index in [1.54, 1.807) is 13.1 Å². The maximum absolute atomic E-state index is 10.1. The number of halogens is 1. The van der Waals surface area contributed by atoms with Crippen molar-refractivity contribution in [3.63, 3.8) is 0 Å². The molecule has 0 aliphatic heterocycles. The number of hydrazone groups is 1. The molecular weight excluding hydrogens is 374 g/mol. The lowest BCUT2D eigenvalue weighted by Crippen LogP contribution is -2.28. The highest BCUT2D eigenvalue weighted by Gasteiger charge is 2.10. The molecule has 26 heavy (non-hydrogen) atoms. The highest BCUT2D eigenvalue weighted by atomic mass is 35.5. The molecule has 0 heterocycles. The van der Waals surface area contributed by atoms with Crippen LogP contribution < -0.4 is 20.2 Å². The molecule has 0 aliphatic rings. The first kappa shape index (κ1) is 19.8. The predicted molar refractivity (Wildman–Crippen MR) is 108 cm³/mol. The fourth-order valence-electron chi connectivity index (χ4n) is 1.98. The zero-order valence-electron chi connectivity index (χ0n) is 14.5. The lowest BCUT2D eigenvalue weighted by molar-refractivity contribution is 0.212. The Morgan fingerprint density at radius 1 is 1.23 bits per heavy atom. The van der Waals surface area contributed by atoms with Crippen molar-refractivity contribution in [2.75, 3.05) is 20.3 Å². The highest BCUT2D eigenvalue weighted by Crippen LogP contribution is 2.35. The zero-order chi connectivity index (χ0) is 18.9. The molecule has 6 nitrogen and oxygen atoms in total. The van der Waals surface area contributed by atoms with Gasteiger partial charge in [-0.2, -0.15) is 5.10 Å². The molecule has 0 amide bonds. The standard InChI is InChI=1S/C18H20ClN3O3S/c1-12-3-5-14(6-4-12)24-7-8-25-17-15(19)9-13(10-16(17)23)11-21-22-18(26)20-2/h3-6,9-11,23H,7-8H2,1-2H3,(H2,20,22,26)/b21-11+. The molecule has 2 aromatic rings. The molecule has 0 spiro atoms. The second-order valence-electron chi connectivity index (χ2n) is 5.31. The summed E-state index contributed by atoms with van der Waals surface area (Å²) < 4.78 is 11.1. The summed E-state index contributed by atoms with van der Waals surface area (Å²) in [7, 11) is 1.68. The Hall–Kier alpha value is -2.51. The minimum Gasteiger partial charge on any atom is -0.504 e. The normalized spacial score (nSPS) is 10.6. The second-order valence-corrected chi connectivity index (χ2v) is 6.13. The SMILES string of the molecule is CNC(=S)N/N=C/c1cc(O)c(OCCOc2ccc(C)cc2)c(Cl)c1. The number of hydrogen-bond acceptors (Lipinski definition) is 5. The zero-order valence-corrected chi connectivity index (χ0v) is 16.0. The molecule has 0 saturated heterocycles. The Kier molecular flexibility index (Phi) is 7.50. The maximum Gasteiger partial charge on any atom is 0.186 e. The first-order valence-electron chi connectivity index (χ1n) is 7.85. The van der Waals surface area contributed by atoms with E-state index in [2.05, 4.69) is 15.8 Å². The van der Waals surface area contributed by atoms with Gasteiger partial charge < -0.3 is 19.9 Å². The summed E-state index contributed by atoms with van der Waals surface area (Å²) in [5.41, 5.74) is 4.38. The summed E-state index contributed by atoms with van der Waals surface area (Å²) in [4.78, 5) is 0. The Morgan fingerprint density at radius 3 is 2.58 bits per heavy atom. The van der Waals surface area contributed by atoms with Gasteiger partial charge in [0.1, 0.15) is 19.0 Å². The van der Waals surface area contributed by atoms with Crippen molar-refractivity contribution in [3.8, 4) is 17.2 Å². The Balaban J connectivity index is 1.89. The number of nitrogens with zero attached hydrogens (tertiary/aromatic N) is 1. The average Bonchev–Trinajstić information content (AvgIpc) is 2.61. The van der Waals surface area contributed by atoms with Crippen molar-refractivity contribution in [3.05, 3.63) is 52.5 Å². The number of phenols is 1. The van der Waals surface area contributed by atoms with Gasteiger partial charge in [-0.25, -0.2) is 0 Å². The van der Waals surface area contributed by atoms with Gasteiger partial charge in [0.2, 0.25) is 0 Å². The molecular formula is C18H20ClN3O3S. The molecule has 0 radical (unpaired) electrons. The average molecular weight is 394 g/mol. The number of hydrogen-bond donors (Lipinski definition) is 3. The van der Waals surface area contributed by atoms with Crippen LogP contribution in [0.1, 0.15) is 11.1 Å². The predicted octanol–water partition coefficient (Wildman–Crippen LogP) is 3.24. The molecule has 0 aliphatic carbocycles. The van der Waals surface area contributed by atoms with Crippen LogP contribution >= 0.6 is 23.8 Å². The van der Waals surface area contributed by atoms with E-state index in [9.17, 15) is 5.11 Å². The van der Waals surface area contributed by atoms with Gasteiger partial charge >= 0.3 is 0 Å². The van der Waals surface area contributed by atoms with Gasteiger partial charge in [0.15, 0.2) is 16.6 Å². The van der Waals surface area contributed by atoms with Crippen LogP contribution in [0.15, 0.2) is 41.5 Å². The van der Waals surface area contributed by atoms with Crippen LogP contribution in [0.2, 0.25) is 5.02 Å². The highest BCUT2D eigenvalue weighted by molar-refractivity contribution is 7.80. The van der Waals surface area contributed by atoms with E-state index in [1.807, 2.05) is 31.2 Å². The third kappa shape index (κ3) is 6.09. The Bertz CT molecular complexity index is 759. The summed E-state index contributed by atoms with van der Waals surface area (Å²) in [5.74, 6) is 0.883. The van der Waals surface area contributed by atoms with Crippen molar-refractivity contribution in [1.82, 2.24) is 10.7 Å². The molecule has 0 bridgehead atoms. The molecule has 138 valence electrons. The van der Waals surface area contributed by atoms with Gasteiger partial charge in [0.05, 0.1) is 11.2 Å². The fraction of sp³-hybridized carbons (Fsp3) is 0.222. The first-order chi connectivity index (χ1) is 12.5. The minimum absolute atomic E-state index is 0.0783. The van der Waals surface area contributed by atoms with Gasteiger partial charge in [0, 0.05) is 7.05 Å². The van der Waals surface area contributed by atoms with Crippen molar-refractivity contribution in [2.24, 2.45) is 5.10 Å². The minimum atomic E-state index is -0.0783. The summed E-state index contributed by atoms with van der Waals surface area (Å²) in [6.07, 6.45) is 1.49. The molecule has 2 rings (SSSR count). The van der Waals surface area contributed by atoms with Crippen LogP contribution in [0.25, 0.3) is 0 Å². The van der Waals surface area contributed by atoms with Crippen LogP contribution in [0.3, 0.4) is 0 Å². The van der Waals surface area contributed by atoms with Gasteiger partial charge in [-0.3, -0.25) is 5.43 Å². The van der Waals surface area contributed by atoms with Crippen molar-refractivity contribution < 1.29 is 14.6 Å². The summed E-state index contributed by atoms with van der Waals surface area (Å²) >= 11 is 11.1. The molecule has 0 atom stereocenters. The largest absolute Gasteiger partial charge is 0.504 e. The summed E-state index contributed by atoms with van der Waals surface area (Å²) in [6.45, 7) is 2.58. The van der Waals surface area contributed by atoms with E-state index in [0.717, 1.165) is 11.3 Å². The van der Waals surface area contributed by atoms with Crippen molar-refractivity contribution in [2.45, 2.75) is 6.92 Å². The van der Waals surface area contributed by atoms with Gasteiger partial charge in [0.25, 0.3) is 0 Å². The molecule has 0 saturated carbocycles. The number of aromatic hydroxyl groups is 1. The lowest BCUT2D eigenvalue weighted by Gasteiger charge is -2.11. The van der Waals surface area contributed by atoms with Crippen molar-refractivity contribution >= 4 is 35.1 Å². The maximum atomic E-state index is 10.1. The molecule has 3 N–H and O–H groups in total. The number of aryl methyl sites for hydroxylation is 1. The number of phenolic OH excluding ortho intramolecular Hbond substituents is 1. The van der Waals surface area contributed by atoms with Crippen LogP contribution in [0.4, 0.5) is 0 Å². The molecule has 0 unspecified atom stereocenters. The first-order valence-corrected chi connectivity index (χ1v) is 8.64. The topological polar surface area (TPSA) is 75.1 Å². The number of rotatable bonds is 7. The summed E-state index contributed by atoms with van der Waals surface area (Å²) in [6, 6.07) is 10.8. The van der Waals surface area contributed by atoms with E-state index in [1.165, 1.54) is 12.3 Å². The molecule has 8 heteroatoms. The van der Waals surface area contributed by atoms with Crippen LogP contribution in [-0.2, 0) is 0 Å². The van der Waals surface area contributed by atoms with Crippen molar-refractivity contribution in [1.29, 1.82) is 0 Å². The van der Waals surface area contributed by atoms with Crippen LogP contribution in [-0.4, -0.2) is 36.7 Å². The van der Waals surface area contributed by atoms with Gasteiger partial charge in [-0.1, -0.05) is 29.3 Å². The van der Waals surface area contributed by atoms with Crippen LogP contribution in [0.5, 0.6) is 17.2 Å². The van der Waals surface area contributed by atoms with E-state index >= 15 is 0 Å². The quantitative estimate of drug-likeness (QED) is 0.290. The van der Waals surface area contributed by atoms with Gasteiger partial charge in [-0.15, -0.1) is 0 Å². The fourth-order valence-corrected chi connectivity index (χ4v) is 2.31. The molecule has 0 aromatic heterocycles. The third-order valence-corrected chi connectivity index (χ3v) is 3.85. The van der Waals surface area contributed by atoms with E-state index in [-0.39, 0.29) is 23.1 Å². The van der Waals surface area contributed by atoms with Gasteiger partial charge in [-0.05, 0) is 49.0 Å². The third-order valence-electron chi connectivity index (χ3n) is 3.27. The van der Waals surface area contributed by atoms with E-state index in [0.29, 0.717) is 17.3 Å². The number of nitrogens with one attached hydrogen (secondary N) is 2. The van der Waals surface area contributed by atoms with E-state index < -0.39 is 0 Å². The number of thiocarbonyl (C=S) groups is 1. The summed E-state index contributed by atoms with van der Waals surface area (Å²) in [5, 5.41) is 17.4. The molecule has 0 fully saturated rings. The monoisotopic (exact) mass is 393 g/mol. The Labute approximate surface area is 162 Å². The molecule has 2 aromatic carbocycles. The number of benzene rings is 2. The smallest absolute Gasteiger partial charge is 0.186 e. The second kappa shape index (κ2) is 9.84. The van der Waals surface area contributed by atoms with Crippen LogP contribution in [0, 0.1) is 6.92 Å². The number of ether oxygens (including phenoxy) is 2. The lowest BCUT2D eigenvalue weighted by atomic mass is 10.2. The van der Waals surface area contributed by atoms with E-state index in [4.69, 9.17) is 33.3 Å².